The van der Waals surface area contributed by atoms with E-state index in [0.717, 1.165) is 45.8 Å². The van der Waals surface area contributed by atoms with Crippen molar-refractivity contribution in [2.45, 2.75) is 29.4 Å². The number of hydrogen-bond acceptors (Lipinski definition) is 28. The number of aromatic nitrogens is 8. The summed E-state index contributed by atoms with van der Waals surface area (Å²) in [6.45, 7) is 0. The van der Waals surface area contributed by atoms with Gasteiger partial charge in [-0.25, -0.2) is 28.7 Å². The molecule has 0 fully saturated rings. The lowest BCUT2D eigenvalue weighted by molar-refractivity contribution is -0.604. The molecular weight excluding hydrogens is 1470 g/mol. The number of hydrazine groups is 1. The average molecular weight is 1510 g/mol. The van der Waals surface area contributed by atoms with Crippen molar-refractivity contribution in [1.29, 1.82) is 0 Å². The number of nitrogens with one attached hydrogen (secondary N) is 4. The fraction of sp³-hybridized carbons (Fsp3) is 0. The maximum Gasteiger partial charge on any atom is 0.407 e. The van der Waals surface area contributed by atoms with E-state index in [2.05, 4.69) is 71.0 Å². The van der Waals surface area contributed by atoms with Crippen LogP contribution in [0.5, 0.6) is 11.5 Å². The maximum absolute atomic E-state index is 12.9. The Balaban J connectivity index is 1.05. The number of hydrogen-bond donors (Lipinski definition) is 14. The van der Waals surface area contributed by atoms with Crippen LogP contribution in [0.2, 0.25) is 0 Å². The van der Waals surface area contributed by atoms with Crippen LogP contribution in [-0.2, 0) is 60.7 Å². The van der Waals surface area contributed by atoms with Gasteiger partial charge in [-0.3, -0.25) is 38.2 Å². The van der Waals surface area contributed by atoms with Crippen LogP contribution in [0.3, 0.4) is 0 Å². The highest BCUT2D eigenvalue weighted by atomic mass is 32.2. The van der Waals surface area contributed by atoms with Gasteiger partial charge >= 0.3 is 35.7 Å². The first-order valence-corrected chi connectivity index (χ1v) is 36.1. The van der Waals surface area contributed by atoms with E-state index < -0.39 is 192 Å². The van der Waals surface area contributed by atoms with Gasteiger partial charge in [-0.05, 0) is 130 Å². The SMILES string of the molecule is O=C(O)c1ccc[n+](-c2nc(N=C3C=CC(=Nc4nc(-[n+]5cccc(C(=O)O)c5)[nH]c(=Nc5cc(S(=O)(=O)O)cc6cc(S(=O)(=O)O)c(NNc7ccccc7S(=O)(=O)O)c(O)c56)n4)C=C3)nc(=Nc3cc(S(=O)(=O)O)cc4cc(S(=O)(=O)O)c(N=Nc5ccccc5S(=O)(=O)O)c(O)c34)[nH]2)c1. The second kappa shape index (κ2) is 26.8. The molecule has 0 bridgehead atoms. The predicted octanol–water partition coefficient (Wildman–Crippen LogP) is 4.36. The van der Waals surface area contributed by atoms with Crippen molar-refractivity contribution >= 4 is 152 Å². The summed E-state index contributed by atoms with van der Waals surface area (Å²) in [5.74, 6) is -6.89. The highest BCUT2D eigenvalue weighted by Crippen LogP contribution is 2.47. The standard InChI is InChI=1S/C56H38N16O24S6/c73-47-43-29(21-41(101(91,92)93)45(47)69-67-35-9-1-3-11-39(35)99(85,86)87)19-33(97(79,80)81)23-37(43)59-53-61-51(63-55(65-53)71-17-5-7-27(25-71)49(75)76)57-31-13-15-32(16-14-31)58-52-62-54(66-56(64-52)72-18-6-8-28(26-72)50(77)78)60-38-24-34(98(82,83)84)20-30-22-42(102(94,95)96)46(48(74)44(30)38)70-68-36-10-2-4-12-40(36)100(88,89)90/h1-26H,(H12-2,57,58,59,60,61,62,63,64,65,66,67,68,69,70,73,74,75,76,77,78,79,80,81,82,83,84,85,86,87,88,89,90,91,92,93,94,95,96)/p+2. The molecule has 0 amide bonds. The van der Waals surface area contributed by atoms with Gasteiger partial charge in [0.05, 0.1) is 85.0 Å². The van der Waals surface area contributed by atoms with Crippen molar-refractivity contribution in [3.05, 3.63) is 181 Å². The van der Waals surface area contributed by atoms with Crippen LogP contribution in [0, 0.1) is 0 Å². The number of aromatic hydroxyl groups is 2. The van der Waals surface area contributed by atoms with E-state index >= 15 is 0 Å². The van der Waals surface area contributed by atoms with E-state index in [1.54, 1.807) is 0 Å². The molecule has 6 aromatic carbocycles. The molecule has 1 aliphatic carbocycles. The van der Waals surface area contributed by atoms with Gasteiger partial charge in [0, 0.05) is 0 Å². The number of phenolic OH excluding ortho intramolecular Hbond substituents is 2. The predicted molar refractivity (Wildman–Crippen MR) is 347 cm³/mol. The maximum atomic E-state index is 12.9. The zero-order valence-electron chi connectivity index (χ0n) is 50.0. The summed E-state index contributed by atoms with van der Waals surface area (Å²) < 4.78 is 214. The number of rotatable bonds is 19. The third kappa shape index (κ3) is 15.6. The highest BCUT2D eigenvalue weighted by Gasteiger charge is 2.30. The van der Waals surface area contributed by atoms with Crippen molar-refractivity contribution < 1.29 is 117 Å². The van der Waals surface area contributed by atoms with Gasteiger partial charge in [0.1, 0.15) is 36.6 Å². The summed E-state index contributed by atoms with van der Waals surface area (Å²) in [7, 11) is -31.4. The van der Waals surface area contributed by atoms with Crippen molar-refractivity contribution in [2.24, 2.45) is 30.2 Å². The number of azo groups is 1. The Labute approximate surface area is 569 Å². The Bertz CT molecular complexity index is 6370. The number of H-pyrrole nitrogens is 2. The molecule has 522 valence electrons. The molecule has 11 rings (SSSR count). The molecule has 102 heavy (non-hydrogen) atoms. The molecule has 0 spiro atoms. The number of fused-ring (bicyclic) bond motifs is 2. The zero-order valence-corrected chi connectivity index (χ0v) is 54.9. The lowest BCUT2D eigenvalue weighted by atomic mass is 10.1. The van der Waals surface area contributed by atoms with Gasteiger partial charge in [-0.15, -0.1) is 20.2 Å². The fourth-order valence-corrected chi connectivity index (χ4v) is 13.2. The van der Waals surface area contributed by atoms with Gasteiger partial charge in [0.15, 0.2) is 11.5 Å². The van der Waals surface area contributed by atoms with Crippen molar-refractivity contribution in [2.75, 3.05) is 10.9 Å². The number of carbonyl (C=O) groups is 2. The molecule has 0 saturated carbocycles. The topological polar surface area (TPSA) is 630 Å². The first kappa shape index (κ1) is 71.1. The summed E-state index contributed by atoms with van der Waals surface area (Å²) in [5, 5.41) is 48.6. The lowest BCUT2D eigenvalue weighted by Crippen LogP contribution is -2.36. The lowest BCUT2D eigenvalue weighted by Gasteiger charge is -2.18. The van der Waals surface area contributed by atoms with Crippen molar-refractivity contribution in [1.82, 2.24) is 29.9 Å². The number of aromatic amines is 2. The van der Waals surface area contributed by atoms with E-state index in [-0.39, 0.29) is 34.4 Å². The highest BCUT2D eigenvalue weighted by molar-refractivity contribution is 7.87. The molecule has 40 nitrogen and oxygen atoms in total. The van der Waals surface area contributed by atoms with Crippen LogP contribution in [0.4, 0.5) is 46.0 Å². The number of carboxylic acids is 2. The van der Waals surface area contributed by atoms with Crippen molar-refractivity contribution in [3.63, 3.8) is 0 Å². The molecule has 0 radical (unpaired) electrons. The van der Waals surface area contributed by atoms with E-state index in [4.69, 9.17) is 0 Å². The zero-order chi connectivity index (χ0) is 73.8. The number of phenols is 2. The Kier molecular flexibility index (Phi) is 18.7. The third-order valence-electron chi connectivity index (χ3n) is 13.9. The quantitative estimate of drug-likeness (QED) is 0.0133. The number of pyridine rings is 2. The number of para-hydroxylation sites is 1. The van der Waals surface area contributed by atoms with Crippen LogP contribution in [0.25, 0.3) is 33.4 Å². The normalized spacial score (nSPS) is 13.5. The minimum Gasteiger partial charge on any atom is -0.505 e. The molecule has 4 heterocycles. The first-order valence-electron chi connectivity index (χ1n) is 27.5. The summed E-state index contributed by atoms with van der Waals surface area (Å²) >= 11 is 0. The minimum atomic E-state index is -5.48. The second-order valence-corrected chi connectivity index (χ2v) is 29.1. The van der Waals surface area contributed by atoms with E-state index in [9.17, 15) is 108 Å². The van der Waals surface area contributed by atoms with Crippen LogP contribution in [0.15, 0.2) is 218 Å². The van der Waals surface area contributed by atoms with E-state index in [1.165, 1.54) is 85.2 Å². The molecular formula is C56H40N16O24S6+2. The van der Waals surface area contributed by atoms with Crippen LogP contribution >= 0.6 is 0 Å². The number of anilines is 2. The minimum absolute atomic E-state index is 0.0156. The van der Waals surface area contributed by atoms with Gasteiger partial charge in [0.2, 0.25) is 0 Å². The van der Waals surface area contributed by atoms with Gasteiger partial charge in [0.25, 0.3) is 71.9 Å². The Hall–Kier alpha value is -12.2. The molecule has 1 aliphatic rings. The molecule has 0 saturated heterocycles. The van der Waals surface area contributed by atoms with Crippen molar-refractivity contribution in [3.8, 4) is 23.4 Å². The molecule has 46 heteroatoms. The van der Waals surface area contributed by atoms with Gasteiger partial charge < -0.3 is 20.4 Å². The molecule has 0 atom stereocenters. The fourth-order valence-electron chi connectivity index (χ4n) is 9.48. The number of aliphatic imine (C=N–C) groups is 2. The van der Waals surface area contributed by atoms with Crippen LogP contribution in [0.1, 0.15) is 20.7 Å². The van der Waals surface area contributed by atoms with Crippen LogP contribution < -0.4 is 31.2 Å². The molecule has 0 aliphatic heterocycles. The Morgan fingerprint density at radius 1 is 0.431 bits per heavy atom. The number of nitrogens with zero attached hydrogens (tertiary/aromatic N) is 12. The molecule has 4 aromatic heterocycles. The Morgan fingerprint density at radius 2 is 0.863 bits per heavy atom. The van der Waals surface area contributed by atoms with Gasteiger partial charge in [-0.1, -0.05) is 24.3 Å². The summed E-state index contributed by atoms with van der Waals surface area (Å²) in [5.41, 5.74) is -1.67. The number of aromatic carboxylic acids is 2. The number of carboxylic acid groups (broad SMARTS) is 2. The van der Waals surface area contributed by atoms with E-state index in [1.807, 2.05) is 0 Å². The second-order valence-electron chi connectivity index (χ2n) is 20.7. The first-order chi connectivity index (χ1) is 47.8. The van der Waals surface area contributed by atoms with E-state index in [0.29, 0.717) is 36.4 Å². The average Bonchev–Trinajstić information content (AvgIpc) is 0.749. The molecule has 14 N–H and O–H groups in total. The third-order valence-corrected chi connectivity index (χ3v) is 19.1. The Morgan fingerprint density at radius 3 is 1.31 bits per heavy atom. The molecule has 0 unspecified atom stereocenters. The molecule has 10 aromatic rings. The summed E-state index contributed by atoms with van der Waals surface area (Å²) in [6, 6.07) is 17.8. The summed E-state index contributed by atoms with van der Waals surface area (Å²) in [6.07, 6.45) is 9.98. The smallest absolute Gasteiger partial charge is 0.407 e. The van der Waals surface area contributed by atoms with Gasteiger partial charge in [-0.2, -0.15) is 70.5 Å². The number of allylic oxidation sites excluding steroid dienone is 4. The summed E-state index contributed by atoms with van der Waals surface area (Å²) in [4.78, 5) is 58.6. The monoisotopic (exact) mass is 1510 g/mol. The van der Waals surface area contributed by atoms with Crippen LogP contribution in [-0.4, -0.2) is 152 Å². The largest absolute Gasteiger partial charge is 0.505 e. The number of benzene rings is 6.